The number of fused-ring (bicyclic) bond motifs is 1. The molecule has 1 unspecified atom stereocenters. The third-order valence-electron chi connectivity index (χ3n) is 3.09. The second-order valence-corrected chi connectivity index (χ2v) is 4.19. The molecule has 3 nitrogen and oxygen atoms in total. The van der Waals surface area contributed by atoms with Crippen molar-refractivity contribution in [3.05, 3.63) is 29.3 Å². The Morgan fingerprint density at radius 2 is 2.20 bits per heavy atom. The fourth-order valence-electron chi connectivity index (χ4n) is 2.08. The van der Waals surface area contributed by atoms with Gasteiger partial charge in [0.1, 0.15) is 5.75 Å². The first kappa shape index (κ1) is 10.5. The van der Waals surface area contributed by atoms with Crippen LogP contribution in [0.5, 0.6) is 5.75 Å². The minimum Gasteiger partial charge on any atom is -0.497 e. The second kappa shape index (κ2) is 3.83. The molecule has 82 valence electrons. The molecule has 0 aliphatic heterocycles. The van der Waals surface area contributed by atoms with E-state index in [1.807, 2.05) is 18.2 Å². The monoisotopic (exact) mass is 208 g/mol. The van der Waals surface area contributed by atoms with Crippen LogP contribution in [0.1, 0.15) is 17.5 Å². The van der Waals surface area contributed by atoms with Gasteiger partial charge in [-0.2, -0.15) is 0 Å². The van der Waals surface area contributed by atoms with Gasteiger partial charge in [0, 0.05) is 6.42 Å². The largest absolute Gasteiger partial charge is 0.497 e. The van der Waals surface area contributed by atoms with Crippen LogP contribution >= 0.6 is 0 Å². The summed E-state index contributed by atoms with van der Waals surface area (Å²) in [4.78, 5) is 0. The smallest absolute Gasteiger partial charge is 0.119 e. The van der Waals surface area contributed by atoms with Gasteiger partial charge in [-0.3, -0.25) is 0 Å². The Labute approximate surface area is 89.3 Å². The molecular weight excluding hydrogens is 192 g/mol. The minimum absolute atomic E-state index is 0.168. The first-order valence-corrected chi connectivity index (χ1v) is 5.16. The van der Waals surface area contributed by atoms with Gasteiger partial charge in [-0.1, -0.05) is 6.07 Å². The fraction of sp³-hybridized carbons (Fsp3) is 0.500. The van der Waals surface area contributed by atoms with Crippen molar-refractivity contribution in [2.45, 2.75) is 24.9 Å². The third kappa shape index (κ3) is 1.98. The summed E-state index contributed by atoms with van der Waals surface area (Å²) in [7, 11) is 1.65. The summed E-state index contributed by atoms with van der Waals surface area (Å²) >= 11 is 0. The highest BCUT2D eigenvalue weighted by Crippen LogP contribution is 2.30. The highest BCUT2D eigenvalue weighted by atomic mass is 16.5. The molecule has 0 saturated heterocycles. The maximum absolute atomic E-state index is 9.97. The lowest BCUT2D eigenvalue weighted by Gasteiger charge is -2.31. The summed E-state index contributed by atoms with van der Waals surface area (Å²) in [6.07, 6.45) is 1.94. The maximum Gasteiger partial charge on any atom is 0.119 e. The number of aryl methyl sites for hydroxylation is 1. The SMILES string of the molecule is COc1ccc2c(c1)CCC(O)(CO)C2. The van der Waals surface area contributed by atoms with Crippen LogP contribution < -0.4 is 4.74 Å². The maximum atomic E-state index is 9.97. The average Bonchev–Trinajstić information content (AvgIpc) is 2.28. The highest BCUT2D eigenvalue weighted by molar-refractivity contribution is 5.38. The zero-order chi connectivity index (χ0) is 10.9. The third-order valence-corrected chi connectivity index (χ3v) is 3.09. The minimum atomic E-state index is -0.929. The molecule has 0 spiro atoms. The molecule has 0 heterocycles. The fourth-order valence-corrected chi connectivity index (χ4v) is 2.08. The van der Waals surface area contributed by atoms with Gasteiger partial charge in [0.15, 0.2) is 0 Å². The molecule has 1 atom stereocenters. The molecule has 1 aromatic rings. The normalized spacial score (nSPS) is 24.7. The van der Waals surface area contributed by atoms with Gasteiger partial charge in [0.2, 0.25) is 0 Å². The van der Waals surface area contributed by atoms with Gasteiger partial charge < -0.3 is 14.9 Å². The van der Waals surface area contributed by atoms with Crippen LogP contribution in [0.4, 0.5) is 0 Å². The van der Waals surface area contributed by atoms with Crippen molar-refractivity contribution in [3.63, 3.8) is 0 Å². The van der Waals surface area contributed by atoms with Crippen molar-refractivity contribution >= 4 is 0 Å². The summed E-state index contributed by atoms with van der Waals surface area (Å²) in [5.74, 6) is 0.850. The number of ether oxygens (including phenoxy) is 1. The molecule has 0 bridgehead atoms. The Hall–Kier alpha value is -1.06. The van der Waals surface area contributed by atoms with Gasteiger partial charge in [0.25, 0.3) is 0 Å². The van der Waals surface area contributed by atoms with Crippen molar-refractivity contribution in [3.8, 4) is 5.75 Å². The number of benzene rings is 1. The molecule has 0 fully saturated rings. The van der Waals surface area contributed by atoms with Crippen molar-refractivity contribution in [1.82, 2.24) is 0 Å². The lowest BCUT2D eigenvalue weighted by atomic mass is 9.81. The van der Waals surface area contributed by atoms with Crippen LogP contribution in [0, 0.1) is 0 Å². The first-order valence-electron chi connectivity index (χ1n) is 5.16. The molecule has 0 aromatic heterocycles. The zero-order valence-electron chi connectivity index (χ0n) is 8.86. The molecule has 2 N–H and O–H groups in total. The Morgan fingerprint density at radius 3 is 2.87 bits per heavy atom. The Balaban J connectivity index is 2.28. The van der Waals surface area contributed by atoms with Gasteiger partial charge >= 0.3 is 0 Å². The number of hydrogen-bond acceptors (Lipinski definition) is 3. The van der Waals surface area contributed by atoms with E-state index in [2.05, 4.69) is 0 Å². The van der Waals surface area contributed by atoms with Crippen LogP contribution in [0.3, 0.4) is 0 Å². The van der Waals surface area contributed by atoms with Gasteiger partial charge in [-0.25, -0.2) is 0 Å². The van der Waals surface area contributed by atoms with Crippen LogP contribution in [0.25, 0.3) is 0 Å². The summed E-state index contributed by atoms with van der Waals surface area (Å²) in [5, 5.41) is 19.1. The predicted octanol–water partition coefficient (Wildman–Crippen LogP) is 0.907. The predicted molar refractivity (Wildman–Crippen MR) is 57.1 cm³/mol. The summed E-state index contributed by atoms with van der Waals surface area (Å²) in [5.41, 5.74) is 1.40. The van der Waals surface area contributed by atoms with Crippen LogP contribution in [0.15, 0.2) is 18.2 Å². The van der Waals surface area contributed by atoms with Gasteiger partial charge in [-0.15, -0.1) is 0 Å². The average molecular weight is 208 g/mol. The van der Waals surface area contributed by atoms with E-state index in [9.17, 15) is 5.11 Å². The molecule has 1 aromatic carbocycles. The first-order chi connectivity index (χ1) is 7.17. The number of rotatable bonds is 2. The molecule has 0 amide bonds. The molecule has 3 heteroatoms. The molecule has 2 rings (SSSR count). The molecule has 15 heavy (non-hydrogen) atoms. The topological polar surface area (TPSA) is 49.7 Å². The molecule has 0 saturated carbocycles. The van der Waals surface area contributed by atoms with Crippen LogP contribution in [-0.4, -0.2) is 29.5 Å². The highest BCUT2D eigenvalue weighted by Gasteiger charge is 2.31. The lowest BCUT2D eigenvalue weighted by Crippen LogP contribution is -2.39. The number of hydrogen-bond donors (Lipinski definition) is 2. The Bertz CT molecular complexity index is 362. The van der Waals surface area contributed by atoms with E-state index in [1.54, 1.807) is 7.11 Å². The summed E-state index contributed by atoms with van der Waals surface area (Å²) in [6.45, 7) is -0.168. The number of aliphatic hydroxyl groups excluding tert-OH is 1. The zero-order valence-corrected chi connectivity index (χ0v) is 8.86. The Morgan fingerprint density at radius 1 is 1.40 bits per heavy atom. The van der Waals surface area contributed by atoms with E-state index < -0.39 is 5.60 Å². The molecule has 0 radical (unpaired) electrons. The summed E-state index contributed by atoms with van der Waals surface area (Å²) in [6, 6.07) is 5.86. The number of aliphatic hydroxyl groups is 2. The van der Waals surface area contributed by atoms with Crippen molar-refractivity contribution in [1.29, 1.82) is 0 Å². The molecule has 1 aliphatic rings. The van der Waals surface area contributed by atoms with Gasteiger partial charge in [0.05, 0.1) is 19.3 Å². The second-order valence-electron chi connectivity index (χ2n) is 4.19. The van der Waals surface area contributed by atoms with E-state index >= 15 is 0 Å². The van der Waals surface area contributed by atoms with Crippen molar-refractivity contribution in [2.75, 3.05) is 13.7 Å². The van der Waals surface area contributed by atoms with Crippen LogP contribution in [0.2, 0.25) is 0 Å². The van der Waals surface area contributed by atoms with E-state index in [1.165, 1.54) is 5.56 Å². The molecular formula is C12H16O3. The molecule has 1 aliphatic carbocycles. The van der Waals surface area contributed by atoms with Crippen molar-refractivity contribution in [2.24, 2.45) is 0 Å². The summed E-state index contributed by atoms with van der Waals surface area (Å²) < 4.78 is 5.15. The van der Waals surface area contributed by atoms with Gasteiger partial charge in [-0.05, 0) is 36.1 Å². The quantitative estimate of drug-likeness (QED) is 0.759. The lowest BCUT2D eigenvalue weighted by molar-refractivity contribution is -0.0248. The van der Waals surface area contributed by atoms with E-state index in [-0.39, 0.29) is 6.61 Å². The van der Waals surface area contributed by atoms with E-state index in [0.29, 0.717) is 12.8 Å². The Kier molecular flexibility index (Phi) is 2.67. The van der Waals surface area contributed by atoms with E-state index in [0.717, 1.165) is 17.7 Å². The van der Waals surface area contributed by atoms with Crippen molar-refractivity contribution < 1.29 is 14.9 Å². The van der Waals surface area contributed by atoms with E-state index in [4.69, 9.17) is 9.84 Å². The standard InChI is InChI=1S/C12H16O3/c1-15-11-3-2-10-7-12(14,8-13)5-4-9(10)6-11/h2-3,6,13-14H,4-5,7-8H2,1H3. The van der Waals surface area contributed by atoms with Crippen LogP contribution in [-0.2, 0) is 12.8 Å². The number of methoxy groups -OCH3 is 1.